The third-order valence-corrected chi connectivity index (χ3v) is 11.0. The molecule has 1 atom stereocenters. The summed E-state index contributed by atoms with van der Waals surface area (Å²) in [6, 6.07) is 27.5. The van der Waals surface area contributed by atoms with Crippen LogP contribution in [0.5, 0.6) is 0 Å². The highest BCUT2D eigenvalue weighted by atomic mass is 16.8. The van der Waals surface area contributed by atoms with Gasteiger partial charge in [0.25, 0.3) is 11.8 Å². The van der Waals surface area contributed by atoms with E-state index in [9.17, 15) is 20.0 Å². The third-order valence-electron chi connectivity index (χ3n) is 11.0. The second-order valence-corrected chi connectivity index (χ2v) is 14.3. The number of aromatic amines is 1. The van der Waals surface area contributed by atoms with Gasteiger partial charge >= 0.3 is 0 Å². The quantitative estimate of drug-likeness (QED) is 0.121. The van der Waals surface area contributed by atoms with Gasteiger partial charge in [0.05, 0.1) is 42.7 Å². The van der Waals surface area contributed by atoms with Crippen molar-refractivity contribution >= 4 is 39.8 Å². The van der Waals surface area contributed by atoms with Gasteiger partial charge in [0.15, 0.2) is 0 Å². The highest BCUT2D eigenvalue weighted by Crippen LogP contribution is 2.36. The van der Waals surface area contributed by atoms with Crippen molar-refractivity contribution in [2.45, 2.75) is 32.5 Å². The molecule has 4 N–H and O–H groups in total. The van der Waals surface area contributed by atoms with Crippen molar-refractivity contribution in [3.05, 3.63) is 136 Å². The fourth-order valence-corrected chi connectivity index (χ4v) is 7.82. The van der Waals surface area contributed by atoms with E-state index in [1.807, 2.05) is 78.0 Å². The molecule has 13 nitrogen and oxygen atoms in total. The van der Waals surface area contributed by atoms with Crippen LogP contribution >= 0.6 is 0 Å². The Hall–Kier alpha value is -5.99. The molecule has 2 aromatic heterocycles. The van der Waals surface area contributed by atoms with Crippen molar-refractivity contribution in [2.75, 3.05) is 48.7 Å². The topological polar surface area (TPSA) is 159 Å². The molecule has 1 fully saturated rings. The zero-order valence-electron chi connectivity index (χ0n) is 30.8. The number of carbonyl (C=O) groups excluding carboxylic acids is 2. The third kappa shape index (κ3) is 7.06. The Morgan fingerprint density at radius 3 is 2.49 bits per heavy atom. The van der Waals surface area contributed by atoms with Crippen LogP contribution in [0.25, 0.3) is 22.2 Å². The van der Waals surface area contributed by atoms with E-state index in [0.717, 1.165) is 35.1 Å². The number of H-pyrrole nitrogens is 1. The summed E-state index contributed by atoms with van der Waals surface area (Å²) in [4.78, 5) is 35.7. The van der Waals surface area contributed by atoms with Gasteiger partial charge in [0.1, 0.15) is 0 Å². The summed E-state index contributed by atoms with van der Waals surface area (Å²) in [6.45, 7) is 6.05. The van der Waals surface area contributed by atoms with Crippen molar-refractivity contribution in [3.63, 3.8) is 0 Å². The number of carbonyl (C=O) groups is 2. The average molecular weight is 740 g/mol. The molecule has 0 bridgehead atoms. The number of benzene rings is 4. The Labute approximate surface area is 318 Å². The number of rotatable bonds is 9. The number of anilines is 3. The fourth-order valence-electron chi connectivity index (χ4n) is 7.82. The van der Waals surface area contributed by atoms with E-state index < -0.39 is 0 Å². The number of morpholine rings is 1. The first-order valence-electron chi connectivity index (χ1n) is 18.4. The largest absolute Gasteiger partial charge is 0.733 e. The minimum Gasteiger partial charge on any atom is -0.733 e. The van der Waals surface area contributed by atoms with Crippen LogP contribution in [0.4, 0.5) is 17.1 Å². The molecule has 4 heterocycles. The van der Waals surface area contributed by atoms with Crippen molar-refractivity contribution in [2.24, 2.45) is 7.05 Å². The number of hydrogen-bond donors (Lipinski definition) is 3. The summed E-state index contributed by atoms with van der Waals surface area (Å²) in [5.41, 5.74) is 13.9. The van der Waals surface area contributed by atoms with Gasteiger partial charge in [0.2, 0.25) is 0 Å². The lowest BCUT2D eigenvalue weighted by Crippen LogP contribution is -2.52. The molecule has 0 aliphatic carbocycles. The standard InChI is InChI=1S/C42H43N8O5/c1-27-36(42(52)48(25-30-9-5-6-10-38(30)43)32-12-14-39-31(20-32)23-44-45-39)22-40(46(27)2)37-21-33(50(53)54)11-13-35(37)41(51)49-24-29-8-4-3-7-28(29)19-34(49)26-47-15-17-55-18-16-47/h3-14,20-23,34,53H,15-19,24-26,43H2,1-2H3,(H,44,45)/q-1/t34-/m0/s1. The monoisotopic (exact) mass is 739 g/mol. The maximum atomic E-state index is 14.9. The van der Waals surface area contributed by atoms with Crippen LogP contribution in [0.3, 0.4) is 0 Å². The first-order chi connectivity index (χ1) is 26.7. The van der Waals surface area contributed by atoms with Gasteiger partial charge in [-0.1, -0.05) is 42.5 Å². The summed E-state index contributed by atoms with van der Waals surface area (Å²) in [5.74, 6) is -0.480. The highest BCUT2D eigenvalue weighted by Gasteiger charge is 2.34. The summed E-state index contributed by atoms with van der Waals surface area (Å²) in [7, 11) is 1.83. The Balaban J connectivity index is 1.20. The molecule has 2 aliphatic heterocycles. The number of nitrogens with two attached hydrogens (primary N) is 1. The molecule has 282 valence electrons. The zero-order chi connectivity index (χ0) is 38.2. The average Bonchev–Trinajstić information content (AvgIpc) is 3.80. The van der Waals surface area contributed by atoms with E-state index >= 15 is 0 Å². The Kier molecular flexibility index (Phi) is 9.84. The number of para-hydroxylation sites is 1. The summed E-state index contributed by atoms with van der Waals surface area (Å²) in [6.07, 6.45) is 2.41. The molecule has 4 aromatic carbocycles. The maximum absolute atomic E-state index is 14.9. The predicted molar refractivity (Wildman–Crippen MR) is 212 cm³/mol. The minimum absolute atomic E-state index is 0.0401. The van der Waals surface area contributed by atoms with Gasteiger partial charge in [0, 0.05) is 78.5 Å². The highest BCUT2D eigenvalue weighted by molar-refractivity contribution is 6.09. The number of nitrogens with one attached hydrogen (secondary N) is 1. The Morgan fingerprint density at radius 2 is 1.71 bits per heavy atom. The van der Waals surface area contributed by atoms with Crippen LogP contribution in [0.1, 0.15) is 43.1 Å². The molecule has 1 saturated heterocycles. The van der Waals surface area contributed by atoms with Crippen LogP contribution in [0, 0.1) is 12.1 Å². The number of amides is 2. The Bertz CT molecular complexity index is 2380. The normalized spacial score (nSPS) is 15.9. The second kappa shape index (κ2) is 15.0. The molecule has 13 heteroatoms. The molecule has 2 aliphatic rings. The van der Waals surface area contributed by atoms with E-state index in [1.54, 1.807) is 23.2 Å². The molecule has 0 unspecified atom stereocenters. The summed E-state index contributed by atoms with van der Waals surface area (Å²) in [5, 5.41) is 30.1. The van der Waals surface area contributed by atoms with Gasteiger partial charge in [-0.3, -0.25) is 24.8 Å². The van der Waals surface area contributed by atoms with Crippen molar-refractivity contribution in [1.82, 2.24) is 24.6 Å². The molecule has 0 saturated carbocycles. The smallest absolute Gasteiger partial charge is 0.260 e. The first-order valence-corrected chi connectivity index (χ1v) is 18.4. The van der Waals surface area contributed by atoms with Crippen molar-refractivity contribution in [1.29, 1.82) is 0 Å². The van der Waals surface area contributed by atoms with E-state index in [2.05, 4.69) is 27.2 Å². The van der Waals surface area contributed by atoms with Gasteiger partial charge in [-0.05, 0) is 78.6 Å². The lowest BCUT2D eigenvalue weighted by atomic mass is 9.92. The van der Waals surface area contributed by atoms with Crippen molar-refractivity contribution < 1.29 is 19.5 Å². The van der Waals surface area contributed by atoms with E-state index in [-0.39, 0.29) is 35.3 Å². The van der Waals surface area contributed by atoms with E-state index in [0.29, 0.717) is 72.2 Å². The summed E-state index contributed by atoms with van der Waals surface area (Å²) < 4.78 is 7.45. The van der Waals surface area contributed by atoms with E-state index in [4.69, 9.17) is 10.5 Å². The van der Waals surface area contributed by atoms with Crippen LogP contribution in [0.2, 0.25) is 0 Å². The van der Waals surface area contributed by atoms with E-state index in [1.165, 1.54) is 17.7 Å². The molecular weight excluding hydrogens is 697 g/mol. The Morgan fingerprint density at radius 1 is 0.964 bits per heavy atom. The van der Waals surface area contributed by atoms with Gasteiger partial charge < -0.3 is 35.3 Å². The molecule has 6 aromatic rings. The van der Waals surface area contributed by atoms with Gasteiger partial charge in [-0.2, -0.15) is 5.10 Å². The molecule has 8 rings (SSSR count). The first kappa shape index (κ1) is 36.0. The lowest BCUT2D eigenvalue weighted by molar-refractivity contribution is 0.0193. The SMILES string of the molecule is Cc1c(C(=O)N(Cc2ccccc2N)c2ccc3[nH]ncc3c2)cc(-c2cc(N([O-])O)ccc2C(=O)N2Cc3ccccc3C[C@H]2CN2CCOCC2)n1C. The van der Waals surface area contributed by atoms with Crippen LogP contribution < -0.4 is 15.9 Å². The van der Waals surface area contributed by atoms with Crippen LogP contribution in [-0.2, 0) is 31.3 Å². The lowest BCUT2D eigenvalue weighted by Gasteiger charge is -2.40. The number of hydrogen-bond acceptors (Lipinski definition) is 9. The number of nitrogen functional groups attached to an aromatic ring is 1. The molecule has 0 radical (unpaired) electrons. The van der Waals surface area contributed by atoms with Gasteiger partial charge in [-0.15, -0.1) is 0 Å². The minimum atomic E-state index is -0.277. The fraction of sp³-hybridized carbons (Fsp3) is 0.262. The van der Waals surface area contributed by atoms with Crippen LogP contribution in [0.15, 0.2) is 97.2 Å². The maximum Gasteiger partial charge on any atom is 0.260 e. The summed E-state index contributed by atoms with van der Waals surface area (Å²) >= 11 is 0. The number of nitrogens with zero attached hydrogens (tertiary/aromatic N) is 6. The van der Waals surface area contributed by atoms with Gasteiger partial charge in [-0.25, -0.2) is 0 Å². The number of fused-ring (bicyclic) bond motifs is 2. The molecule has 2 amide bonds. The molecule has 0 spiro atoms. The number of ether oxygens (including phenoxy) is 1. The number of aromatic nitrogens is 3. The zero-order valence-corrected chi connectivity index (χ0v) is 30.8. The second-order valence-electron chi connectivity index (χ2n) is 14.3. The predicted octanol–water partition coefficient (Wildman–Crippen LogP) is 5.90. The molecular formula is C42H43N8O5-. The molecule has 55 heavy (non-hydrogen) atoms. The van der Waals surface area contributed by atoms with Crippen LogP contribution in [-0.4, -0.2) is 80.5 Å². The van der Waals surface area contributed by atoms with Crippen molar-refractivity contribution in [3.8, 4) is 11.3 Å².